The molecule has 0 spiro atoms. The maximum atomic E-state index is 12.4. The molecule has 1 rings (SSSR count). The van der Waals surface area contributed by atoms with Crippen LogP contribution >= 0.6 is 0 Å². The van der Waals surface area contributed by atoms with Crippen molar-refractivity contribution in [2.45, 2.75) is 65.5 Å². The van der Waals surface area contributed by atoms with Crippen LogP contribution in [0.4, 0.5) is 4.79 Å². The summed E-state index contributed by atoms with van der Waals surface area (Å²) in [5.74, 6) is 0.467. The van der Waals surface area contributed by atoms with E-state index in [2.05, 4.69) is 20.5 Å². The van der Waals surface area contributed by atoms with Gasteiger partial charge in [-0.15, -0.1) is 0 Å². The first-order valence-corrected chi connectivity index (χ1v) is 10.7. The van der Waals surface area contributed by atoms with E-state index in [1.807, 2.05) is 34.6 Å². The average molecular weight is 413 g/mol. The number of amides is 2. The average Bonchev–Trinajstić information content (AvgIpc) is 2.61. The number of hydrogen-bond acceptors (Lipinski definition) is 5. The van der Waals surface area contributed by atoms with Gasteiger partial charge in [-0.25, -0.2) is 4.79 Å². The van der Waals surface area contributed by atoms with Gasteiger partial charge in [0.05, 0.1) is 13.1 Å². The van der Waals surface area contributed by atoms with Crippen LogP contribution < -0.4 is 16.4 Å². The highest BCUT2D eigenvalue weighted by Gasteiger charge is 2.22. The molecule has 29 heavy (non-hydrogen) atoms. The zero-order valence-electron chi connectivity index (χ0n) is 18.8. The number of aliphatic imine (C=N–C) groups is 1. The number of piperidine rings is 1. The third-order valence-corrected chi connectivity index (χ3v) is 4.44. The third kappa shape index (κ3) is 10.9. The lowest BCUT2D eigenvalue weighted by atomic mass is 10.1. The first-order valence-electron chi connectivity index (χ1n) is 10.7. The molecule has 1 heterocycles. The van der Waals surface area contributed by atoms with Crippen LogP contribution in [0.5, 0.6) is 0 Å². The van der Waals surface area contributed by atoms with E-state index in [0.29, 0.717) is 32.2 Å². The van der Waals surface area contributed by atoms with E-state index in [0.717, 1.165) is 44.9 Å². The summed E-state index contributed by atoms with van der Waals surface area (Å²) in [4.78, 5) is 31.8. The number of carbonyl (C=O) groups excluding carboxylic acids is 2. The molecule has 0 saturated carbocycles. The van der Waals surface area contributed by atoms with Gasteiger partial charge in [-0.1, -0.05) is 6.92 Å². The number of guanidine groups is 1. The summed E-state index contributed by atoms with van der Waals surface area (Å²) >= 11 is 0. The van der Waals surface area contributed by atoms with Gasteiger partial charge in [0.15, 0.2) is 5.96 Å². The molecule has 0 atom stereocenters. The van der Waals surface area contributed by atoms with E-state index in [1.165, 1.54) is 0 Å². The van der Waals surface area contributed by atoms with Crippen molar-refractivity contribution in [3.05, 3.63) is 0 Å². The number of likely N-dealkylation sites (tertiary alicyclic amines) is 1. The number of nitrogens with two attached hydrogens (primary N) is 1. The quantitative estimate of drug-likeness (QED) is 0.387. The lowest BCUT2D eigenvalue weighted by molar-refractivity contribution is -0.119. The van der Waals surface area contributed by atoms with Gasteiger partial charge in [-0.05, 0) is 47.0 Å². The van der Waals surface area contributed by atoms with Gasteiger partial charge in [0.25, 0.3) is 0 Å². The smallest absolute Gasteiger partial charge is 0.410 e. The molecule has 1 saturated heterocycles. The highest BCUT2D eigenvalue weighted by molar-refractivity contribution is 5.80. The second-order valence-electron chi connectivity index (χ2n) is 8.39. The van der Waals surface area contributed by atoms with Gasteiger partial charge in [0, 0.05) is 38.8 Å². The standard InChI is InChI=1S/C20H40N6O3/c1-6-11-26(19(28)29-20(3,4)5)14-10-23-18(22-7-2)24-16-8-12-25(13-9-16)15-17(21)27/h16H,6-15H2,1-5H3,(H2,21,27)(H2,22,23,24). The van der Waals surface area contributed by atoms with Crippen LogP contribution in [0.1, 0.15) is 53.9 Å². The monoisotopic (exact) mass is 412 g/mol. The summed E-state index contributed by atoms with van der Waals surface area (Å²) in [5.41, 5.74) is 4.76. The van der Waals surface area contributed by atoms with Crippen LogP contribution in [0.15, 0.2) is 4.99 Å². The topological polar surface area (TPSA) is 112 Å². The second-order valence-corrected chi connectivity index (χ2v) is 8.39. The molecule has 0 aromatic rings. The van der Waals surface area contributed by atoms with E-state index in [9.17, 15) is 9.59 Å². The molecule has 4 N–H and O–H groups in total. The Kier molecular flexibility index (Phi) is 10.8. The molecule has 0 aromatic heterocycles. The van der Waals surface area contributed by atoms with Gasteiger partial charge < -0.3 is 26.0 Å². The van der Waals surface area contributed by atoms with Gasteiger partial charge in [0.1, 0.15) is 5.60 Å². The summed E-state index contributed by atoms with van der Waals surface area (Å²) in [6.45, 7) is 14.1. The molecule has 168 valence electrons. The molecular formula is C20H40N6O3. The van der Waals surface area contributed by atoms with Crippen molar-refractivity contribution >= 4 is 18.0 Å². The summed E-state index contributed by atoms with van der Waals surface area (Å²) in [6, 6.07) is 0.300. The molecule has 9 nitrogen and oxygen atoms in total. The fourth-order valence-corrected chi connectivity index (χ4v) is 3.14. The second kappa shape index (κ2) is 12.5. The minimum absolute atomic E-state index is 0.284. The van der Waals surface area contributed by atoms with Crippen LogP contribution in [0.2, 0.25) is 0 Å². The highest BCUT2D eigenvalue weighted by Crippen LogP contribution is 2.11. The van der Waals surface area contributed by atoms with E-state index < -0.39 is 5.60 Å². The zero-order valence-corrected chi connectivity index (χ0v) is 18.8. The molecule has 2 amide bonds. The minimum Gasteiger partial charge on any atom is -0.444 e. The Morgan fingerprint density at radius 3 is 2.38 bits per heavy atom. The molecule has 0 radical (unpaired) electrons. The van der Waals surface area contributed by atoms with Gasteiger partial charge in [-0.3, -0.25) is 14.7 Å². The third-order valence-electron chi connectivity index (χ3n) is 4.44. The van der Waals surface area contributed by atoms with Gasteiger partial charge in [0.2, 0.25) is 5.91 Å². The van der Waals surface area contributed by atoms with Crippen molar-refractivity contribution < 1.29 is 14.3 Å². The Morgan fingerprint density at radius 1 is 1.21 bits per heavy atom. The largest absolute Gasteiger partial charge is 0.444 e. The first-order chi connectivity index (χ1) is 13.6. The number of nitrogens with zero attached hydrogens (tertiary/aromatic N) is 3. The van der Waals surface area contributed by atoms with E-state index in [-0.39, 0.29) is 12.0 Å². The maximum absolute atomic E-state index is 12.4. The minimum atomic E-state index is -0.508. The molecule has 1 fully saturated rings. The van der Waals surface area contributed by atoms with Crippen LogP contribution in [-0.2, 0) is 9.53 Å². The number of carbonyl (C=O) groups is 2. The zero-order chi connectivity index (χ0) is 21.9. The van der Waals surface area contributed by atoms with Gasteiger partial charge >= 0.3 is 6.09 Å². The van der Waals surface area contributed by atoms with Crippen molar-refractivity contribution in [2.75, 3.05) is 45.8 Å². The van der Waals surface area contributed by atoms with Crippen molar-refractivity contribution in [2.24, 2.45) is 10.7 Å². The van der Waals surface area contributed by atoms with Crippen molar-refractivity contribution in [1.82, 2.24) is 20.4 Å². The van der Waals surface area contributed by atoms with Crippen LogP contribution in [0, 0.1) is 0 Å². The maximum Gasteiger partial charge on any atom is 0.410 e. The Bertz CT molecular complexity index is 539. The molecule has 0 bridgehead atoms. The summed E-state index contributed by atoms with van der Waals surface area (Å²) < 4.78 is 5.49. The summed E-state index contributed by atoms with van der Waals surface area (Å²) in [5, 5.41) is 6.73. The Hall–Kier alpha value is -2.03. The number of ether oxygens (including phenoxy) is 1. The fourth-order valence-electron chi connectivity index (χ4n) is 3.14. The van der Waals surface area contributed by atoms with Crippen LogP contribution in [0.25, 0.3) is 0 Å². The lowest BCUT2D eigenvalue weighted by Crippen LogP contribution is -2.50. The molecule has 9 heteroatoms. The Morgan fingerprint density at radius 2 is 1.86 bits per heavy atom. The molecule has 0 aromatic carbocycles. The first kappa shape index (κ1) is 25.0. The number of primary amides is 1. The molecule has 1 aliphatic rings. The van der Waals surface area contributed by atoms with Crippen LogP contribution in [0.3, 0.4) is 0 Å². The van der Waals surface area contributed by atoms with Crippen LogP contribution in [-0.4, -0.2) is 85.2 Å². The lowest BCUT2D eigenvalue weighted by Gasteiger charge is -2.32. The number of hydrogen-bond donors (Lipinski definition) is 3. The Balaban J connectivity index is 2.55. The SMILES string of the molecule is CCCN(CCN=C(NCC)NC1CCN(CC(N)=O)CC1)C(=O)OC(C)(C)C. The summed E-state index contributed by atoms with van der Waals surface area (Å²) in [6.07, 6.45) is 2.43. The van der Waals surface area contributed by atoms with Crippen molar-refractivity contribution in [1.29, 1.82) is 0 Å². The van der Waals surface area contributed by atoms with Crippen molar-refractivity contribution in [3.63, 3.8) is 0 Å². The number of nitrogens with one attached hydrogen (secondary N) is 2. The fraction of sp³-hybridized carbons (Fsp3) is 0.850. The summed E-state index contributed by atoms with van der Waals surface area (Å²) in [7, 11) is 0. The predicted molar refractivity (Wildman–Crippen MR) is 116 cm³/mol. The molecule has 0 unspecified atom stereocenters. The van der Waals surface area contributed by atoms with E-state index in [1.54, 1.807) is 4.90 Å². The number of rotatable bonds is 9. The van der Waals surface area contributed by atoms with Gasteiger partial charge in [-0.2, -0.15) is 0 Å². The van der Waals surface area contributed by atoms with E-state index >= 15 is 0 Å². The van der Waals surface area contributed by atoms with E-state index in [4.69, 9.17) is 10.5 Å². The molecular weight excluding hydrogens is 372 g/mol. The van der Waals surface area contributed by atoms with Crippen molar-refractivity contribution in [3.8, 4) is 0 Å². The molecule has 1 aliphatic heterocycles. The predicted octanol–water partition coefficient (Wildman–Crippen LogP) is 1.14. The Labute approximate surface area is 175 Å². The highest BCUT2D eigenvalue weighted by atomic mass is 16.6. The molecule has 0 aliphatic carbocycles. The normalized spacial score (nSPS) is 16.4.